The summed E-state index contributed by atoms with van der Waals surface area (Å²) in [5, 5.41) is 6.24. The highest BCUT2D eigenvalue weighted by molar-refractivity contribution is 9.10. The number of aromatic amines is 1. The van der Waals surface area contributed by atoms with Crippen molar-refractivity contribution in [1.82, 2.24) is 19.6 Å². The molecule has 0 spiro atoms. The zero-order valence-corrected chi connectivity index (χ0v) is 12.1. The standard InChI is InChI=1S/C11H6BrClN4S/c12-6-1-2-9-10(3-6)15-11(14-9)8(13)4-7-5-18-17-16-7/h1-5H,(H,14,15)/b8-4+. The van der Waals surface area contributed by atoms with Gasteiger partial charge < -0.3 is 4.98 Å². The largest absolute Gasteiger partial charge is 0.337 e. The molecule has 2 heterocycles. The van der Waals surface area contributed by atoms with Gasteiger partial charge in [-0.2, -0.15) is 0 Å². The molecule has 0 saturated heterocycles. The van der Waals surface area contributed by atoms with Gasteiger partial charge in [0.05, 0.1) is 21.8 Å². The number of rotatable bonds is 2. The van der Waals surface area contributed by atoms with Crippen molar-refractivity contribution < 1.29 is 0 Å². The summed E-state index contributed by atoms with van der Waals surface area (Å²) in [6.07, 6.45) is 1.73. The minimum Gasteiger partial charge on any atom is -0.337 e. The number of fused-ring (bicyclic) bond motifs is 1. The predicted molar refractivity (Wildman–Crippen MR) is 77.4 cm³/mol. The molecule has 0 atom stereocenters. The highest BCUT2D eigenvalue weighted by atomic mass is 79.9. The Labute approximate surface area is 120 Å². The van der Waals surface area contributed by atoms with Crippen molar-refractivity contribution in [3.63, 3.8) is 0 Å². The van der Waals surface area contributed by atoms with Crippen molar-refractivity contribution in [3.8, 4) is 0 Å². The van der Waals surface area contributed by atoms with Crippen LogP contribution in [0.15, 0.2) is 28.1 Å². The summed E-state index contributed by atoms with van der Waals surface area (Å²) in [4.78, 5) is 7.58. The average molecular weight is 342 g/mol. The molecule has 4 nitrogen and oxygen atoms in total. The summed E-state index contributed by atoms with van der Waals surface area (Å²) in [6, 6.07) is 5.82. The van der Waals surface area contributed by atoms with E-state index in [0.717, 1.165) is 21.2 Å². The molecule has 0 aliphatic rings. The number of nitrogens with one attached hydrogen (secondary N) is 1. The van der Waals surface area contributed by atoms with E-state index >= 15 is 0 Å². The lowest BCUT2D eigenvalue weighted by Gasteiger charge is -1.90. The highest BCUT2D eigenvalue weighted by Crippen LogP contribution is 2.24. The Morgan fingerprint density at radius 1 is 1.44 bits per heavy atom. The minimum absolute atomic E-state index is 0.509. The van der Waals surface area contributed by atoms with E-state index in [1.54, 1.807) is 6.08 Å². The molecule has 1 N–H and O–H groups in total. The van der Waals surface area contributed by atoms with Crippen molar-refractivity contribution in [2.24, 2.45) is 0 Å². The molecule has 2 aromatic heterocycles. The van der Waals surface area contributed by atoms with E-state index in [2.05, 4.69) is 35.5 Å². The molecule has 0 bridgehead atoms. The fraction of sp³-hybridized carbons (Fsp3) is 0. The fourth-order valence-electron chi connectivity index (χ4n) is 1.53. The monoisotopic (exact) mass is 340 g/mol. The van der Waals surface area contributed by atoms with Crippen molar-refractivity contribution in [2.75, 3.05) is 0 Å². The van der Waals surface area contributed by atoms with Crippen LogP contribution in [0.1, 0.15) is 11.5 Å². The quantitative estimate of drug-likeness (QED) is 0.769. The second-order valence-corrected chi connectivity index (χ2v) is 5.50. The zero-order chi connectivity index (χ0) is 12.5. The lowest BCUT2D eigenvalue weighted by Crippen LogP contribution is -1.80. The van der Waals surface area contributed by atoms with Gasteiger partial charge in [0, 0.05) is 9.85 Å². The number of imidazole rings is 1. The van der Waals surface area contributed by atoms with Gasteiger partial charge >= 0.3 is 0 Å². The molecular formula is C11H6BrClN4S. The molecule has 0 amide bonds. The molecule has 0 radical (unpaired) electrons. The molecule has 7 heteroatoms. The lowest BCUT2D eigenvalue weighted by atomic mass is 10.3. The Bertz CT molecular complexity index is 720. The number of nitrogens with zero attached hydrogens (tertiary/aromatic N) is 3. The van der Waals surface area contributed by atoms with Crippen molar-refractivity contribution in [1.29, 1.82) is 0 Å². The molecular weight excluding hydrogens is 336 g/mol. The second kappa shape index (κ2) is 4.79. The van der Waals surface area contributed by atoms with Crippen LogP contribution in [0.25, 0.3) is 22.1 Å². The maximum absolute atomic E-state index is 6.20. The first-order valence-corrected chi connectivity index (χ1v) is 7.03. The van der Waals surface area contributed by atoms with Gasteiger partial charge in [-0.1, -0.05) is 32.0 Å². The van der Waals surface area contributed by atoms with E-state index < -0.39 is 0 Å². The maximum Gasteiger partial charge on any atom is 0.150 e. The zero-order valence-electron chi connectivity index (χ0n) is 8.89. The number of hydrogen-bond donors (Lipinski definition) is 1. The number of hydrogen-bond acceptors (Lipinski definition) is 4. The molecule has 0 aliphatic carbocycles. The maximum atomic E-state index is 6.20. The first-order valence-electron chi connectivity index (χ1n) is 5.02. The second-order valence-electron chi connectivity index (χ2n) is 3.57. The van der Waals surface area contributed by atoms with Crippen LogP contribution < -0.4 is 0 Å². The summed E-state index contributed by atoms with van der Waals surface area (Å²) in [5.41, 5.74) is 2.53. The third kappa shape index (κ3) is 2.31. The van der Waals surface area contributed by atoms with Gasteiger partial charge in [-0.3, -0.25) is 0 Å². The van der Waals surface area contributed by atoms with Crippen LogP contribution in [0.4, 0.5) is 0 Å². The van der Waals surface area contributed by atoms with E-state index in [1.807, 2.05) is 23.6 Å². The predicted octanol–water partition coefficient (Wildman–Crippen LogP) is 3.91. The van der Waals surface area contributed by atoms with Crippen molar-refractivity contribution in [2.45, 2.75) is 0 Å². The number of H-pyrrole nitrogens is 1. The smallest absolute Gasteiger partial charge is 0.150 e. The van der Waals surface area contributed by atoms with Crippen LogP contribution >= 0.6 is 39.1 Å². The Kier molecular flexibility index (Phi) is 3.15. The Balaban J connectivity index is 2.04. The van der Waals surface area contributed by atoms with E-state index in [0.29, 0.717) is 10.9 Å². The fourth-order valence-corrected chi connectivity index (χ4v) is 2.50. The topological polar surface area (TPSA) is 54.5 Å². The molecule has 0 unspecified atom stereocenters. The summed E-state index contributed by atoms with van der Waals surface area (Å²) < 4.78 is 4.77. The molecule has 1 aromatic carbocycles. The van der Waals surface area contributed by atoms with Crippen LogP contribution in [0.3, 0.4) is 0 Å². The van der Waals surface area contributed by atoms with Crippen LogP contribution in [0.5, 0.6) is 0 Å². The van der Waals surface area contributed by atoms with E-state index in [-0.39, 0.29) is 0 Å². The average Bonchev–Trinajstić information content (AvgIpc) is 2.96. The molecule has 3 rings (SSSR count). The van der Waals surface area contributed by atoms with Gasteiger partial charge in [-0.25, -0.2) is 4.98 Å². The Morgan fingerprint density at radius 3 is 3.11 bits per heavy atom. The number of halogens is 2. The van der Waals surface area contributed by atoms with Crippen LogP contribution in [0, 0.1) is 0 Å². The normalized spacial score (nSPS) is 12.2. The van der Waals surface area contributed by atoms with Gasteiger partial charge in [-0.15, -0.1) is 5.10 Å². The van der Waals surface area contributed by atoms with Gasteiger partial charge in [0.15, 0.2) is 0 Å². The van der Waals surface area contributed by atoms with Gasteiger partial charge in [0.2, 0.25) is 0 Å². The van der Waals surface area contributed by atoms with Crippen LogP contribution in [0.2, 0.25) is 0 Å². The molecule has 0 aliphatic heterocycles. The van der Waals surface area contributed by atoms with Crippen LogP contribution in [-0.2, 0) is 0 Å². The molecule has 0 fully saturated rings. The first kappa shape index (κ1) is 11.8. The summed E-state index contributed by atoms with van der Waals surface area (Å²) >= 11 is 10.9. The summed E-state index contributed by atoms with van der Waals surface area (Å²) in [5.74, 6) is 0.623. The van der Waals surface area contributed by atoms with Gasteiger partial charge in [0.25, 0.3) is 0 Å². The van der Waals surface area contributed by atoms with E-state index in [1.165, 1.54) is 11.5 Å². The van der Waals surface area contributed by atoms with Crippen molar-refractivity contribution >= 4 is 61.2 Å². The molecule has 3 aromatic rings. The summed E-state index contributed by atoms with van der Waals surface area (Å²) in [6.45, 7) is 0. The molecule has 0 saturated carbocycles. The first-order chi connectivity index (χ1) is 8.72. The Morgan fingerprint density at radius 2 is 2.33 bits per heavy atom. The Hall–Kier alpha value is -1.24. The molecule has 90 valence electrons. The van der Waals surface area contributed by atoms with E-state index in [4.69, 9.17) is 11.6 Å². The SMILES string of the molecule is Cl/C(=C/c1csnn1)c1nc2ccc(Br)cc2[nH]1. The van der Waals surface area contributed by atoms with Gasteiger partial charge in [0.1, 0.15) is 5.82 Å². The van der Waals surface area contributed by atoms with Crippen molar-refractivity contribution in [3.05, 3.63) is 39.6 Å². The molecule has 18 heavy (non-hydrogen) atoms. The minimum atomic E-state index is 0.509. The van der Waals surface area contributed by atoms with E-state index in [9.17, 15) is 0 Å². The lowest BCUT2D eigenvalue weighted by molar-refractivity contribution is 1.14. The number of aromatic nitrogens is 4. The highest BCUT2D eigenvalue weighted by Gasteiger charge is 2.07. The third-order valence-electron chi connectivity index (χ3n) is 2.32. The van der Waals surface area contributed by atoms with Crippen LogP contribution in [-0.4, -0.2) is 19.6 Å². The summed E-state index contributed by atoms with van der Waals surface area (Å²) in [7, 11) is 0. The third-order valence-corrected chi connectivity index (χ3v) is 3.63. The number of benzene rings is 1. The van der Waals surface area contributed by atoms with Gasteiger partial charge in [-0.05, 0) is 35.8 Å².